The quantitative estimate of drug-likeness (QED) is 0.670. The van der Waals surface area contributed by atoms with Crippen molar-refractivity contribution in [3.63, 3.8) is 0 Å². The van der Waals surface area contributed by atoms with Crippen molar-refractivity contribution in [1.82, 2.24) is 4.98 Å². The molecule has 2 saturated heterocycles. The lowest BCUT2D eigenvalue weighted by atomic mass is 9.92. The minimum absolute atomic E-state index is 0.102. The van der Waals surface area contributed by atoms with Gasteiger partial charge in [-0.25, -0.2) is 4.98 Å². The van der Waals surface area contributed by atoms with Crippen LogP contribution in [0.5, 0.6) is 5.88 Å². The van der Waals surface area contributed by atoms with Crippen LogP contribution < -0.4 is 4.74 Å². The summed E-state index contributed by atoms with van der Waals surface area (Å²) < 4.78 is 28.9. The summed E-state index contributed by atoms with van der Waals surface area (Å²) in [6.07, 6.45) is 4.83. The summed E-state index contributed by atoms with van der Waals surface area (Å²) in [6.45, 7) is 2.68. The van der Waals surface area contributed by atoms with Crippen LogP contribution in [0.2, 0.25) is 0 Å². The molecule has 0 aliphatic carbocycles. The molecule has 0 N–H and O–H groups in total. The molecule has 0 aromatic carbocycles. The van der Waals surface area contributed by atoms with Crippen LogP contribution in [0.3, 0.4) is 0 Å². The van der Waals surface area contributed by atoms with Crippen molar-refractivity contribution in [2.45, 2.75) is 31.2 Å². The van der Waals surface area contributed by atoms with E-state index in [9.17, 15) is 0 Å². The van der Waals surface area contributed by atoms with E-state index in [0.29, 0.717) is 32.3 Å². The smallest absolute Gasteiger partial charge is 0.219 e. The number of ether oxygens (including phenoxy) is 5. The molecule has 0 radical (unpaired) electrons. The lowest BCUT2D eigenvalue weighted by Crippen LogP contribution is -2.48. The van der Waals surface area contributed by atoms with E-state index in [1.54, 1.807) is 13.3 Å². The van der Waals surface area contributed by atoms with Crippen LogP contribution in [0.15, 0.2) is 16.7 Å². The molecular formula is C16H22BrNO5. The minimum atomic E-state index is -0.473. The van der Waals surface area contributed by atoms with E-state index in [2.05, 4.69) is 20.9 Å². The number of aromatic nitrogens is 1. The fourth-order valence-corrected chi connectivity index (χ4v) is 3.03. The first kappa shape index (κ1) is 17.1. The summed E-state index contributed by atoms with van der Waals surface area (Å²) in [6, 6.07) is 1.97. The first-order valence-electron chi connectivity index (χ1n) is 7.88. The third-order valence-electron chi connectivity index (χ3n) is 4.13. The second-order valence-electron chi connectivity index (χ2n) is 5.71. The van der Waals surface area contributed by atoms with Crippen LogP contribution in [0, 0.1) is 0 Å². The maximum Gasteiger partial charge on any atom is 0.219 e. The maximum atomic E-state index is 5.82. The number of methoxy groups -OCH3 is 1. The molecule has 3 rings (SSSR count). The highest BCUT2D eigenvalue weighted by Gasteiger charge is 2.43. The molecule has 1 aromatic rings. The molecule has 1 unspecified atom stereocenters. The van der Waals surface area contributed by atoms with Gasteiger partial charge < -0.3 is 23.7 Å². The van der Waals surface area contributed by atoms with Gasteiger partial charge in [-0.05, 0) is 41.3 Å². The third kappa shape index (κ3) is 4.03. The Morgan fingerprint density at radius 3 is 2.87 bits per heavy atom. The van der Waals surface area contributed by atoms with Gasteiger partial charge in [-0.1, -0.05) is 0 Å². The molecule has 128 valence electrons. The monoisotopic (exact) mass is 387 g/mol. The zero-order valence-electron chi connectivity index (χ0n) is 13.3. The van der Waals surface area contributed by atoms with Crippen LogP contribution in [0.25, 0.3) is 0 Å². The van der Waals surface area contributed by atoms with Gasteiger partial charge in [0.05, 0.1) is 25.4 Å². The Balaban J connectivity index is 1.57. The van der Waals surface area contributed by atoms with Crippen molar-refractivity contribution in [1.29, 1.82) is 0 Å². The fraction of sp³-hybridized carbons (Fsp3) is 0.688. The highest BCUT2D eigenvalue weighted by molar-refractivity contribution is 9.10. The van der Waals surface area contributed by atoms with E-state index >= 15 is 0 Å². The van der Waals surface area contributed by atoms with Crippen LogP contribution in [0.1, 0.15) is 24.8 Å². The van der Waals surface area contributed by atoms with E-state index < -0.39 is 5.60 Å². The first-order chi connectivity index (χ1) is 11.2. The van der Waals surface area contributed by atoms with Gasteiger partial charge >= 0.3 is 0 Å². The number of pyridine rings is 1. The Kier molecular flexibility index (Phi) is 5.87. The Morgan fingerprint density at radius 2 is 2.22 bits per heavy atom. The van der Waals surface area contributed by atoms with Gasteiger partial charge in [0.2, 0.25) is 5.88 Å². The topological polar surface area (TPSA) is 59.0 Å². The maximum absolute atomic E-state index is 5.82. The summed E-state index contributed by atoms with van der Waals surface area (Å²) >= 11 is 3.45. The first-order valence-corrected chi connectivity index (χ1v) is 8.68. The lowest BCUT2D eigenvalue weighted by molar-refractivity contribution is -0.203. The van der Waals surface area contributed by atoms with Crippen molar-refractivity contribution in [2.75, 3.05) is 40.1 Å². The molecule has 0 saturated carbocycles. The summed E-state index contributed by atoms with van der Waals surface area (Å²) in [5, 5.41) is 0. The van der Waals surface area contributed by atoms with Gasteiger partial charge in [0, 0.05) is 24.4 Å². The molecule has 2 fully saturated rings. The molecule has 0 spiro atoms. The second kappa shape index (κ2) is 7.90. The van der Waals surface area contributed by atoms with E-state index in [4.69, 9.17) is 23.7 Å². The van der Waals surface area contributed by atoms with Crippen LogP contribution in [-0.2, 0) is 24.5 Å². The average Bonchev–Trinajstić information content (AvgIpc) is 2.54. The van der Waals surface area contributed by atoms with Gasteiger partial charge in [-0.2, -0.15) is 0 Å². The Bertz CT molecular complexity index is 512. The summed E-state index contributed by atoms with van der Waals surface area (Å²) in [7, 11) is 1.68. The van der Waals surface area contributed by atoms with Gasteiger partial charge in [-0.3, -0.25) is 0 Å². The highest BCUT2D eigenvalue weighted by Crippen LogP contribution is 2.38. The third-order valence-corrected chi connectivity index (χ3v) is 4.57. The Labute approximate surface area is 144 Å². The molecule has 2 aliphatic heterocycles. The minimum Gasteiger partial charge on any atom is -0.475 e. The number of hydrogen-bond donors (Lipinski definition) is 0. The van der Waals surface area contributed by atoms with Crippen molar-refractivity contribution < 1.29 is 23.7 Å². The van der Waals surface area contributed by atoms with Crippen LogP contribution in [0.4, 0.5) is 0 Å². The van der Waals surface area contributed by atoms with Crippen molar-refractivity contribution in [2.24, 2.45) is 0 Å². The van der Waals surface area contributed by atoms with Gasteiger partial charge in [0.1, 0.15) is 12.2 Å². The largest absolute Gasteiger partial charge is 0.475 e. The molecule has 7 heteroatoms. The van der Waals surface area contributed by atoms with Crippen molar-refractivity contribution in [3.8, 4) is 5.88 Å². The molecule has 6 nitrogen and oxygen atoms in total. The highest BCUT2D eigenvalue weighted by atomic mass is 79.9. The van der Waals surface area contributed by atoms with Gasteiger partial charge in [-0.15, -0.1) is 0 Å². The standard InChI is InChI=1S/C16H22BrNO5/c1-19-16(10-20-11-16)13-8-12(17)9-18-15(13)23-7-6-22-14-4-2-3-5-21-14/h8-9,14H,2-7,10-11H2,1H3. The van der Waals surface area contributed by atoms with E-state index in [1.165, 1.54) is 0 Å². The van der Waals surface area contributed by atoms with E-state index in [1.807, 2.05) is 6.07 Å². The van der Waals surface area contributed by atoms with Crippen LogP contribution in [-0.4, -0.2) is 51.4 Å². The molecule has 0 bridgehead atoms. The molecule has 1 atom stereocenters. The molecule has 3 heterocycles. The van der Waals surface area contributed by atoms with Crippen LogP contribution >= 0.6 is 15.9 Å². The zero-order chi connectivity index (χ0) is 16.1. The Hall–Kier alpha value is -0.730. The molecular weight excluding hydrogens is 366 g/mol. The predicted octanol–water partition coefficient (Wildman–Crippen LogP) is 2.64. The van der Waals surface area contributed by atoms with Gasteiger partial charge in [0.25, 0.3) is 0 Å². The van der Waals surface area contributed by atoms with E-state index in [-0.39, 0.29) is 6.29 Å². The van der Waals surface area contributed by atoms with Gasteiger partial charge in [0.15, 0.2) is 6.29 Å². The fourth-order valence-electron chi connectivity index (χ4n) is 2.70. The normalized spacial score (nSPS) is 23.3. The molecule has 0 amide bonds. The number of hydrogen-bond acceptors (Lipinski definition) is 6. The number of nitrogens with zero attached hydrogens (tertiary/aromatic N) is 1. The average molecular weight is 388 g/mol. The summed E-state index contributed by atoms with van der Waals surface area (Å²) in [4.78, 5) is 4.37. The number of halogens is 1. The van der Waals surface area contributed by atoms with Crippen molar-refractivity contribution in [3.05, 3.63) is 22.3 Å². The Morgan fingerprint density at radius 1 is 1.35 bits per heavy atom. The SMILES string of the molecule is COC1(c2cc(Br)cnc2OCCOC2CCCCO2)COC1. The van der Waals surface area contributed by atoms with E-state index in [0.717, 1.165) is 35.9 Å². The van der Waals surface area contributed by atoms with Crippen molar-refractivity contribution >= 4 is 15.9 Å². The number of rotatable bonds is 7. The predicted molar refractivity (Wildman–Crippen MR) is 86.5 cm³/mol. The lowest BCUT2D eigenvalue weighted by Gasteiger charge is -2.40. The molecule has 1 aromatic heterocycles. The summed E-state index contributed by atoms with van der Waals surface area (Å²) in [5.74, 6) is 0.562. The summed E-state index contributed by atoms with van der Waals surface area (Å²) in [5.41, 5.74) is 0.425. The molecule has 2 aliphatic rings. The zero-order valence-corrected chi connectivity index (χ0v) is 14.8. The molecule has 23 heavy (non-hydrogen) atoms. The second-order valence-corrected chi connectivity index (χ2v) is 6.63.